The first-order chi connectivity index (χ1) is 10.9. The summed E-state index contributed by atoms with van der Waals surface area (Å²) in [6, 6.07) is 2.22. The first kappa shape index (κ1) is 20.3. The Morgan fingerprint density at radius 1 is 1.21 bits per heavy atom. The molecule has 1 aromatic carbocycles. The summed E-state index contributed by atoms with van der Waals surface area (Å²) in [6.07, 6.45) is -1.10. The van der Waals surface area contributed by atoms with E-state index in [0.717, 1.165) is 12.1 Å². The summed E-state index contributed by atoms with van der Waals surface area (Å²) in [5, 5.41) is 0. The van der Waals surface area contributed by atoms with Crippen molar-refractivity contribution in [1.29, 1.82) is 0 Å². The summed E-state index contributed by atoms with van der Waals surface area (Å²) in [5.74, 6) is -2.24. The number of hydrazine groups is 1. The average molecular weight is 408 g/mol. The van der Waals surface area contributed by atoms with Crippen LogP contribution >= 0.6 is 15.9 Å². The summed E-state index contributed by atoms with van der Waals surface area (Å²) in [6.45, 7) is 6.15. The van der Waals surface area contributed by atoms with Crippen molar-refractivity contribution in [3.05, 3.63) is 33.8 Å². The number of ether oxygens (including phenoxy) is 1. The first-order valence-electron chi connectivity index (χ1n) is 7.03. The molecule has 0 aliphatic carbocycles. The van der Waals surface area contributed by atoms with Crippen molar-refractivity contribution in [3.8, 4) is 0 Å². The van der Waals surface area contributed by atoms with Crippen molar-refractivity contribution in [2.45, 2.75) is 39.8 Å². The number of halogens is 3. The molecule has 1 rings (SSSR count). The number of nitrogens with one attached hydrogen (secondary N) is 2. The van der Waals surface area contributed by atoms with Crippen molar-refractivity contribution in [3.63, 3.8) is 0 Å². The molecule has 0 saturated carbocycles. The molecule has 0 fully saturated rings. The maximum Gasteiger partial charge on any atom is 0.405 e. The Morgan fingerprint density at radius 2 is 1.71 bits per heavy atom. The monoisotopic (exact) mass is 407 g/mol. The van der Waals surface area contributed by atoms with Gasteiger partial charge in [0.1, 0.15) is 11.6 Å². The minimum absolute atomic E-state index is 0.244. The lowest BCUT2D eigenvalue weighted by atomic mass is 9.77. The Morgan fingerprint density at radius 3 is 2.12 bits per heavy atom. The topological polar surface area (TPSA) is 93.5 Å². The Hall–Kier alpha value is -1.74. The molecule has 0 aromatic heterocycles. The predicted molar refractivity (Wildman–Crippen MR) is 87.6 cm³/mol. The fourth-order valence-corrected chi connectivity index (χ4v) is 2.22. The van der Waals surface area contributed by atoms with E-state index in [-0.39, 0.29) is 16.6 Å². The number of amides is 2. The van der Waals surface area contributed by atoms with Crippen LogP contribution in [-0.2, 0) is 16.1 Å². The van der Waals surface area contributed by atoms with Crippen LogP contribution < -0.4 is 16.6 Å². The zero-order valence-electron chi connectivity index (χ0n) is 13.8. The van der Waals surface area contributed by atoms with Crippen LogP contribution in [-0.4, -0.2) is 17.6 Å². The number of nitrogens with two attached hydrogens (primary N) is 1. The summed E-state index contributed by atoms with van der Waals surface area (Å²) in [7, 11) is 0. The number of hydrogen-bond acceptors (Lipinski definition) is 4. The van der Waals surface area contributed by atoms with Gasteiger partial charge in [-0.3, -0.25) is 10.2 Å². The highest BCUT2D eigenvalue weighted by Crippen LogP contribution is 2.33. The third-order valence-electron chi connectivity index (χ3n) is 3.74. The molecule has 0 aliphatic rings. The Bertz CT molecular complexity index is 626. The molecule has 0 heterocycles. The molecule has 9 heteroatoms. The highest BCUT2D eigenvalue weighted by Gasteiger charge is 2.48. The highest BCUT2D eigenvalue weighted by molar-refractivity contribution is 9.10. The molecule has 4 N–H and O–H groups in total. The Balaban J connectivity index is 2.83. The van der Waals surface area contributed by atoms with E-state index >= 15 is 0 Å². The van der Waals surface area contributed by atoms with Crippen LogP contribution in [0, 0.1) is 17.0 Å². The number of primary amides is 1. The van der Waals surface area contributed by atoms with Gasteiger partial charge >= 0.3 is 6.09 Å². The van der Waals surface area contributed by atoms with E-state index in [9.17, 15) is 18.4 Å². The lowest BCUT2D eigenvalue weighted by Crippen LogP contribution is -2.59. The van der Waals surface area contributed by atoms with E-state index in [4.69, 9.17) is 10.5 Å². The quantitative estimate of drug-likeness (QED) is 0.654. The fourth-order valence-electron chi connectivity index (χ4n) is 1.81. The molecular formula is C15H20BrF2N3O3. The lowest BCUT2D eigenvalue weighted by Gasteiger charge is -2.38. The third-order valence-corrected chi connectivity index (χ3v) is 4.20. The van der Waals surface area contributed by atoms with Crippen LogP contribution in [0.25, 0.3) is 0 Å². The van der Waals surface area contributed by atoms with Crippen molar-refractivity contribution in [1.82, 2.24) is 10.9 Å². The molecule has 1 unspecified atom stereocenters. The molecule has 0 bridgehead atoms. The van der Waals surface area contributed by atoms with Gasteiger partial charge in [0.25, 0.3) is 5.91 Å². The standard InChI is InChI=1S/C15H20BrF2N3O3/c1-14(2,3)15(4,24-13(19)23)12(22)21-20-7-9-10(17)5-8(16)6-11(9)18/h5-6,20H,7H2,1-4H3,(H2,19,23)(H,21,22). The second kappa shape index (κ2) is 7.43. The minimum Gasteiger partial charge on any atom is -0.433 e. The molecule has 0 spiro atoms. The summed E-state index contributed by atoms with van der Waals surface area (Å²) in [4.78, 5) is 23.4. The van der Waals surface area contributed by atoms with Gasteiger partial charge in [-0.2, -0.15) is 0 Å². The second-order valence-electron chi connectivity index (χ2n) is 6.36. The minimum atomic E-state index is -1.58. The van der Waals surface area contributed by atoms with Crippen molar-refractivity contribution in [2.24, 2.45) is 11.1 Å². The van der Waals surface area contributed by atoms with E-state index < -0.39 is 34.7 Å². The molecule has 0 aliphatic heterocycles. The molecular weight excluding hydrogens is 388 g/mol. The van der Waals surface area contributed by atoms with Crippen LogP contribution in [0.15, 0.2) is 16.6 Å². The molecule has 0 saturated heterocycles. The largest absolute Gasteiger partial charge is 0.433 e. The van der Waals surface area contributed by atoms with Crippen molar-refractivity contribution < 1.29 is 23.1 Å². The highest BCUT2D eigenvalue weighted by atomic mass is 79.9. The molecule has 2 amide bonds. The summed E-state index contributed by atoms with van der Waals surface area (Å²) < 4.78 is 32.7. The van der Waals surface area contributed by atoms with Gasteiger partial charge in [-0.25, -0.2) is 19.0 Å². The van der Waals surface area contributed by atoms with Gasteiger partial charge < -0.3 is 10.5 Å². The van der Waals surface area contributed by atoms with Gasteiger partial charge in [-0.05, 0) is 19.1 Å². The predicted octanol–water partition coefficient (Wildman–Crippen LogP) is 2.75. The molecule has 6 nitrogen and oxygen atoms in total. The van der Waals surface area contributed by atoms with Crippen LogP contribution in [0.4, 0.5) is 13.6 Å². The van der Waals surface area contributed by atoms with Crippen LogP contribution in [0.2, 0.25) is 0 Å². The van der Waals surface area contributed by atoms with E-state index in [1.165, 1.54) is 6.92 Å². The van der Waals surface area contributed by atoms with Crippen molar-refractivity contribution >= 4 is 27.9 Å². The number of carbonyl (C=O) groups is 2. The first-order valence-corrected chi connectivity index (χ1v) is 7.83. The zero-order chi connectivity index (χ0) is 18.7. The third kappa shape index (κ3) is 4.64. The Kier molecular flexibility index (Phi) is 6.29. The molecule has 24 heavy (non-hydrogen) atoms. The number of hydrogen-bond donors (Lipinski definition) is 3. The van der Waals surface area contributed by atoms with E-state index in [2.05, 4.69) is 26.8 Å². The van der Waals surface area contributed by atoms with Crippen LogP contribution in [0.1, 0.15) is 33.3 Å². The van der Waals surface area contributed by atoms with Gasteiger partial charge in [-0.15, -0.1) is 0 Å². The average Bonchev–Trinajstić information content (AvgIpc) is 2.39. The number of carbonyl (C=O) groups excluding carboxylic acids is 2. The SMILES string of the molecule is CC(C)(C)C(C)(OC(N)=O)C(=O)NNCc1c(F)cc(Br)cc1F. The Labute approximate surface area is 147 Å². The van der Waals surface area contributed by atoms with E-state index in [1.54, 1.807) is 20.8 Å². The van der Waals surface area contributed by atoms with Gasteiger partial charge in [0, 0.05) is 22.0 Å². The van der Waals surface area contributed by atoms with Gasteiger partial charge in [0.2, 0.25) is 0 Å². The summed E-state index contributed by atoms with van der Waals surface area (Å²) in [5.41, 5.74) is 7.13. The molecule has 0 radical (unpaired) electrons. The number of rotatable bonds is 5. The maximum atomic E-state index is 13.7. The van der Waals surface area contributed by atoms with Gasteiger partial charge in [0.05, 0.1) is 0 Å². The lowest BCUT2D eigenvalue weighted by molar-refractivity contribution is -0.150. The molecule has 134 valence electrons. The second-order valence-corrected chi connectivity index (χ2v) is 7.28. The normalized spacial score (nSPS) is 14.0. The van der Waals surface area contributed by atoms with Crippen molar-refractivity contribution in [2.75, 3.05) is 0 Å². The van der Waals surface area contributed by atoms with Gasteiger partial charge in [-0.1, -0.05) is 36.7 Å². The smallest absolute Gasteiger partial charge is 0.405 e. The van der Waals surface area contributed by atoms with Crippen LogP contribution in [0.3, 0.4) is 0 Å². The number of benzene rings is 1. The van der Waals surface area contributed by atoms with Crippen LogP contribution in [0.5, 0.6) is 0 Å². The van der Waals surface area contributed by atoms with Gasteiger partial charge in [0.15, 0.2) is 5.60 Å². The van der Waals surface area contributed by atoms with E-state index in [0.29, 0.717) is 0 Å². The summed E-state index contributed by atoms with van der Waals surface area (Å²) >= 11 is 2.98. The van der Waals surface area contributed by atoms with E-state index in [1.807, 2.05) is 0 Å². The fraction of sp³-hybridized carbons (Fsp3) is 0.467. The molecule has 1 aromatic rings. The maximum absolute atomic E-state index is 13.7. The zero-order valence-corrected chi connectivity index (χ0v) is 15.4. The molecule has 1 atom stereocenters.